The number of nitrogens with zero attached hydrogens (tertiary/aromatic N) is 4. The van der Waals surface area contributed by atoms with Crippen LogP contribution in [0.15, 0.2) is 28.6 Å². The number of aryl methyl sites for hydroxylation is 2. The van der Waals surface area contributed by atoms with Crippen LogP contribution in [0.2, 0.25) is 0 Å². The number of anilines is 1. The van der Waals surface area contributed by atoms with Gasteiger partial charge >= 0.3 is 0 Å². The van der Waals surface area contributed by atoms with E-state index in [-0.39, 0.29) is 0 Å². The van der Waals surface area contributed by atoms with Crippen molar-refractivity contribution in [2.24, 2.45) is 0 Å². The Bertz CT molecular complexity index is 538. The predicted octanol–water partition coefficient (Wildman–Crippen LogP) is 2.86. The van der Waals surface area contributed by atoms with Crippen molar-refractivity contribution in [3.8, 4) is 0 Å². The molecule has 0 aromatic carbocycles. The standard InChI is InChI=1S/C13H17N5S/c1-4-5-15-11-7-14-8-12(18-11)19-13-16-9(2)6-10(3)17-13/h6-8H,4-5H2,1-3H3,(H,15,18). The molecule has 19 heavy (non-hydrogen) atoms. The lowest BCUT2D eigenvalue weighted by Crippen LogP contribution is -2.02. The minimum Gasteiger partial charge on any atom is -0.369 e. The Kier molecular flexibility index (Phi) is 4.68. The third-order valence-corrected chi connectivity index (χ3v) is 3.10. The molecule has 5 nitrogen and oxygen atoms in total. The van der Waals surface area contributed by atoms with Gasteiger partial charge in [0.1, 0.15) is 10.8 Å². The quantitative estimate of drug-likeness (QED) is 0.847. The number of aromatic nitrogens is 4. The van der Waals surface area contributed by atoms with Gasteiger partial charge < -0.3 is 5.32 Å². The number of rotatable bonds is 5. The van der Waals surface area contributed by atoms with Gasteiger partial charge in [0.2, 0.25) is 0 Å². The molecule has 0 atom stereocenters. The third-order valence-electron chi connectivity index (χ3n) is 2.33. The maximum Gasteiger partial charge on any atom is 0.194 e. The summed E-state index contributed by atoms with van der Waals surface area (Å²) in [6, 6.07) is 1.95. The smallest absolute Gasteiger partial charge is 0.194 e. The predicted molar refractivity (Wildman–Crippen MR) is 76.4 cm³/mol. The molecule has 2 heterocycles. The highest BCUT2D eigenvalue weighted by atomic mass is 32.2. The highest BCUT2D eigenvalue weighted by Gasteiger charge is 2.05. The first-order chi connectivity index (χ1) is 9.17. The Balaban J connectivity index is 2.13. The molecule has 6 heteroatoms. The molecule has 0 aliphatic carbocycles. The Labute approximate surface area is 117 Å². The van der Waals surface area contributed by atoms with Crippen molar-refractivity contribution in [3.63, 3.8) is 0 Å². The molecule has 0 aliphatic heterocycles. The van der Waals surface area contributed by atoms with E-state index in [1.165, 1.54) is 11.8 Å². The molecule has 0 radical (unpaired) electrons. The zero-order valence-corrected chi connectivity index (χ0v) is 12.2. The lowest BCUT2D eigenvalue weighted by Gasteiger charge is -2.05. The first-order valence-corrected chi connectivity index (χ1v) is 7.05. The van der Waals surface area contributed by atoms with E-state index in [1.807, 2.05) is 19.9 Å². The highest BCUT2D eigenvalue weighted by molar-refractivity contribution is 7.99. The van der Waals surface area contributed by atoms with E-state index in [4.69, 9.17) is 0 Å². The third kappa shape index (κ3) is 4.17. The molecule has 0 fully saturated rings. The van der Waals surface area contributed by atoms with Crippen LogP contribution in [0.5, 0.6) is 0 Å². The van der Waals surface area contributed by atoms with Crippen molar-refractivity contribution in [1.82, 2.24) is 19.9 Å². The van der Waals surface area contributed by atoms with E-state index in [9.17, 15) is 0 Å². The average molecular weight is 275 g/mol. The molecule has 100 valence electrons. The molecule has 2 aromatic heterocycles. The fraction of sp³-hybridized carbons (Fsp3) is 0.385. The maximum atomic E-state index is 4.47. The average Bonchev–Trinajstić information content (AvgIpc) is 2.35. The van der Waals surface area contributed by atoms with Gasteiger partial charge in [-0.3, -0.25) is 4.98 Å². The largest absolute Gasteiger partial charge is 0.369 e. The monoisotopic (exact) mass is 275 g/mol. The van der Waals surface area contributed by atoms with E-state index in [2.05, 4.69) is 32.2 Å². The molecule has 0 unspecified atom stereocenters. The minimum atomic E-state index is 0.708. The molecule has 1 N–H and O–H groups in total. The van der Waals surface area contributed by atoms with Gasteiger partial charge in [0.15, 0.2) is 5.16 Å². The van der Waals surface area contributed by atoms with Crippen LogP contribution >= 0.6 is 11.8 Å². The van der Waals surface area contributed by atoms with E-state index in [1.54, 1.807) is 12.4 Å². The fourth-order valence-corrected chi connectivity index (χ4v) is 2.39. The summed E-state index contributed by atoms with van der Waals surface area (Å²) in [7, 11) is 0. The summed E-state index contributed by atoms with van der Waals surface area (Å²) in [4.78, 5) is 17.4. The molecule has 0 bridgehead atoms. The van der Waals surface area contributed by atoms with Gasteiger partial charge in [-0.1, -0.05) is 6.92 Å². The fourth-order valence-electron chi connectivity index (χ4n) is 1.57. The van der Waals surface area contributed by atoms with E-state index in [0.717, 1.165) is 35.2 Å². The van der Waals surface area contributed by atoms with Gasteiger partial charge in [-0.2, -0.15) is 0 Å². The first kappa shape index (κ1) is 13.7. The van der Waals surface area contributed by atoms with Crippen LogP contribution in [0, 0.1) is 13.8 Å². The maximum absolute atomic E-state index is 4.47. The van der Waals surface area contributed by atoms with Crippen LogP contribution in [0.3, 0.4) is 0 Å². The van der Waals surface area contributed by atoms with Crippen molar-refractivity contribution in [2.45, 2.75) is 37.4 Å². The van der Waals surface area contributed by atoms with Gasteiger partial charge in [-0.05, 0) is 38.1 Å². The highest BCUT2D eigenvalue weighted by Crippen LogP contribution is 2.23. The summed E-state index contributed by atoms with van der Waals surface area (Å²) in [5.41, 5.74) is 1.92. The Morgan fingerprint density at radius 2 is 1.84 bits per heavy atom. The zero-order valence-electron chi connectivity index (χ0n) is 11.3. The number of hydrogen-bond donors (Lipinski definition) is 1. The lowest BCUT2D eigenvalue weighted by atomic mass is 10.4. The van der Waals surface area contributed by atoms with Crippen molar-refractivity contribution in [3.05, 3.63) is 29.8 Å². The molecule has 0 saturated carbocycles. The summed E-state index contributed by atoms with van der Waals surface area (Å²) in [5.74, 6) is 0.788. The summed E-state index contributed by atoms with van der Waals surface area (Å²) in [5, 5.41) is 4.72. The minimum absolute atomic E-state index is 0.708. The molecule has 2 aromatic rings. The second kappa shape index (κ2) is 6.47. The lowest BCUT2D eigenvalue weighted by molar-refractivity contribution is 0.895. The summed E-state index contributed by atoms with van der Waals surface area (Å²) in [6.45, 7) is 6.93. The molecule has 0 aliphatic rings. The second-order valence-corrected chi connectivity index (χ2v) is 5.19. The Morgan fingerprint density at radius 1 is 1.11 bits per heavy atom. The van der Waals surface area contributed by atoms with E-state index >= 15 is 0 Å². The molecule has 0 saturated heterocycles. The van der Waals surface area contributed by atoms with Crippen molar-refractivity contribution < 1.29 is 0 Å². The van der Waals surface area contributed by atoms with Crippen molar-refractivity contribution >= 4 is 17.6 Å². The van der Waals surface area contributed by atoms with Crippen LogP contribution < -0.4 is 5.32 Å². The number of nitrogens with one attached hydrogen (secondary N) is 1. The van der Waals surface area contributed by atoms with Crippen LogP contribution in [-0.2, 0) is 0 Å². The Morgan fingerprint density at radius 3 is 2.53 bits per heavy atom. The SMILES string of the molecule is CCCNc1cncc(Sc2nc(C)cc(C)n2)n1. The van der Waals surface area contributed by atoms with Crippen LogP contribution in [-0.4, -0.2) is 26.5 Å². The number of hydrogen-bond acceptors (Lipinski definition) is 6. The van der Waals surface area contributed by atoms with Gasteiger partial charge in [0, 0.05) is 17.9 Å². The van der Waals surface area contributed by atoms with Gasteiger partial charge in [-0.15, -0.1) is 0 Å². The molecule has 2 rings (SSSR count). The first-order valence-electron chi connectivity index (χ1n) is 6.23. The molecule has 0 spiro atoms. The summed E-state index contributed by atoms with van der Waals surface area (Å²) in [6.07, 6.45) is 4.50. The van der Waals surface area contributed by atoms with E-state index < -0.39 is 0 Å². The van der Waals surface area contributed by atoms with Crippen molar-refractivity contribution in [2.75, 3.05) is 11.9 Å². The van der Waals surface area contributed by atoms with Gasteiger partial charge in [0.05, 0.1) is 12.4 Å². The summed E-state index contributed by atoms with van der Waals surface area (Å²) >= 11 is 1.43. The van der Waals surface area contributed by atoms with Crippen LogP contribution in [0.25, 0.3) is 0 Å². The molecular formula is C13H17N5S. The normalized spacial score (nSPS) is 10.5. The van der Waals surface area contributed by atoms with E-state index in [0.29, 0.717) is 5.16 Å². The molecular weight excluding hydrogens is 258 g/mol. The zero-order chi connectivity index (χ0) is 13.7. The van der Waals surface area contributed by atoms with Gasteiger partial charge in [-0.25, -0.2) is 15.0 Å². The topological polar surface area (TPSA) is 63.6 Å². The Hall–Kier alpha value is -1.69. The van der Waals surface area contributed by atoms with Crippen LogP contribution in [0.1, 0.15) is 24.7 Å². The van der Waals surface area contributed by atoms with Gasteiger partial charge in [0.25, 0.3) is 0 Å². The van der Waals surface area contributed by atoms with Crippen molar-refractivity contribution in [1.29, 1.82) is 0 Å². The summed E-state index contributed by atoms with van der Waals surface area (Å²) < 4.78 is 0. The van der Waals surface area contributed by atoms with Crippen LogP contribution in [0.4, 0.5) is 5.82 Å². The second-order valence-electron chi connectivity index (χ2n) is 4.20. The molecule has 0 amide bonds.